The van der Waals surface area contributed by atoms with Crippen molar-refractivity contribution in [1.82, 2.24) is 34.3 Å². The summed E-state index contributed by atoms with van der Waals surface area (Å²) < 4.78 is 18.1. The van der Waals surface area contributed by atoms with Gasteiger partial charge in [-0.1, -0.05) is 6.07 Å². The molecule has 2 aliphatic heterocycles. The molecule has 11 nitrogen and oxygen atoms in total. The molecule has 1 amide bonds. The number of carbonyl (C=O) groups excluding carboxylic acids is 1. The van der Waals surface area contributed by atoms with Gasteiger partial charge in [0.25, 0.3) is 0 Å². The van der Waals surface area contributed by atoms with Crippen molar-refractivity contribution in [2.75, 3.05) is 51.6 Å². The highest BCUT2D eigenvalue weighted by molar-refractivity contribution is 5.79. The molecular weight excluding hydrogens is 561 g/mol. The average molecular weight is 598 g/mol. The van der Waals surface area contributed by atoms with Gasteiger partial charge in [-0.05, 0) is 75.3 Å². The third kappa shape index (κ3) is 6.49. The predicted molar refractivity (Wildman–Crippen MR) is 164 cm³/mol. The van der Waals surface area contributed by atoms with Crippen LogP contribution in [0.3, 0.4) is 0 Å². The van der Waals surface area contributed by atoms with Crippen LogP contribution >= 0.6 is 0 Å². The Labute approximate surface area is 255 Å². The van der Waals surface area contributed by atoms with E-state index in [1.807, 2.05) is 36.5 Å². The Morgan fingerprint density at radius 3 is 2.89 bits per heavy atom. The number of likely N-dealkylation sites (N-methyl/N-ethyl adjacent to an activating group) is 1. The van der Waals surface area contributed by atoms with Crippen LogP contribution in [0.1, 0.15) is 31.2 Å². The normalized spacial score (nSPS) is 18.2. The second kappa shape index (κ2) is 13.0. The fourth-order valence-corrected chi connectivity index (χ4v) is 6.07. The number of pyridine rings is 1. The van der Waals surface area contributed by atoms with Crippen molar-refractivity contribution in [2.45, 2.75) is 38.3 Å². The summed E-state index contributed by atoms with van der Waals surface area (Å²) in [6.07, 6.45) is 5.77. The van der Waals surface area contributed by atoms with E-state index in [1.165, 1.54) is 6.07 Å². The number of likely N-dealkylation sites (tertiary alicyclic amines) is 1. The number of nitrogens with one attached hydrogen (secondary N) is 1. The molecule has 2 aliphatic rings. The summed E-state index contributed by atoms with van der Waals surface area (Å²) in [6.45, 7) is 5.38. The summed E-state index contributed by atoms with van der Waals surface area (Å²) in [6, 6.07) is 12.4. The number of phenols is 1. The summed E-state index contributed by atoms with van der Waals surface area (Å²) in [4.78, 5) is 28.0. The second-order valence-corrected chi connectivity index (χ2v) is 11.6. The number of fused-ring (bicyclic) bond motifs is 1. The Morgan fingerprint density at radius 1 is 1.14 bits per heavy atom. The largest absolute Gasteiger partial charge is 0.508 e. The number of anilines is 1. The standard InChI is InChI=1S/C32H36FN9O2/c1-39-10-5-11-40(15-14-39)20-22-16-23(18-25(43)17-22)30-29(33)32(36-24-6-4-12-41(21-24)28(44)8-9-34)38-31(37-30)26-19-35-42-13-3-2-7-27(26)42/h2-3,7,13,16-19,24,43H,4-6,8,10-12,14-15,20-21H2,1H3,(H,36,37,38)/t24-/m1/s1. The first-order valence-electron chi connectivity index (χ1n) is 15.0. The van der Waals surface area contributed by atoms with E-state index in [0.717, 1.165) is 50.1 Å². The van der Waals surface area contributed by atoms with E-state index in [-0.39, 0.29) is 35.6 Å². The fraction of sp³-hybridized carbons (Fsp3) is 0.406. The van der Waals surface area contributed by atoms with Crippen molar-refractivity contribution < 1.29 is 14.3 Å². The first-order chi connectivity index (χ1) is 21.4. The first kappa shape index (κ1) is 29.5. The van der Waals surface area contributed by atoms with Crippen molar-refractivity contribution in [3.8, 4) is 34.5 Å². The molecule has 4 aromatic rings. The fourth-order valence-electron chi connectivity index (χ4n) is 6.07. The van der Waals surface area contributed by atoms with Crippen molar-refractivity contribution in [2.24, 2.45) is 0 Å². The maximum Gasteiger partial charge on any atom is 0.236 e. The quantitative estimate of drug-likeness (QED) is 0.328. The average Bonchev–Trinajstić information content (AvgIpc) is 3.34. The Balaban J connectivity index is 1.38. The minimum absolute atomic E-state index is 0.0142. The number of aromatic nitrogens is 4. The Hall–Kier alpha value is -4.60. The molecule has 1 aromatic carbocycles. The minimum Gasteiger partial charge on any atom is -0.508 e. The number of piperidine rings is 1. The highest BCUT2D eigenvalue weighted by Crippen LogP contribution is 2.33. The number of benzene rings is 1. The molecule has 12 heteroatoms. The van der Waals surface area contributed by atoms with E-state index in [0.29, 0.717) is 43.0 Å². The molecule has 5 heterocycles. The Morgan fingerprint density at radius 2 is 2.02 bits per heavy atom. The van der Waals surface area contributed by atoms with Gasteiger partial charge in [0.1, 0.15) is 17.9 Å². The molecule has 0 spiro atoms. The van der Waals surface area contributed by atoms with Crippen molar-refractivity contribution in [1.29, 1.82) is 5.26 Å². The van der Waals surface area contributed by atoms with Gasteiger partial charge in [-0.15, -0.1) is 0 Å². The molecule has 2 fully saturated rings. The van der Waals surface area contributed by atoms with Crippen LogP contribution in [-0.4, -0.2) is 97.7 Å². The number of aromatic hydroxyl groups is 1. The maximum absolute atomic E-state index is 16.4. The number of nitriles is 1. The van der Waals surface area contributed by atoms with Gasteiger partial charge in [0.2, 0.25) is 5.91 Å². The number of carbonyl (C=O) groups is 1. The van der Waals surface area contributed by atoms with E-state index < -0.39 is 5.82 Å². The first-order valence-corrected chi connectivity index (χ1v) is 15.0. The molecule has 1 atom stereocenters. The maximum atomic E-state index is 16.4. The van der Waals surface area contributed by atoms with Crippen LogP contribution in [0.2, 0.25) is 0 Å². The SMILES string of the molecule is CN1CCCN(Cc2cc(O)cc(-c3nc(-c4cnn5ccccc45)nc(N[C@@H]4CCCN(C(=O)CC#N)C4)c3F)c2)CC1. The highest BCUT2D eigenvalue weighted by Gasteiger charge is 2.27. The molecule has 2 N–H and O–H groups in total. The van der Waals surface area contributed by atoms with E-state index in [2.05, 4.69) is 32.2 Å². The Bertz CT molecular complexity index is 1700. The van der Waals surface area contributed by atoms with Crippen LogP contribution in [0.5, 0.6) is 5.75 Å². The molecule has 0 unspecified atom stereocenters. The molecule has 0 aliphatic carbocycles. The molecule has 2 saturated heterocycles. The minimum atomic E-state index is -0.640. The van der Waals surface area contributed by atoms with Crippen molar-refractivity contribution in [3.05, 3.63) is 60.2 Å². The summed E-state index contributed by atoms with van der Waals surface area (Å²) in [7, 11) is 2.12. The van der Waals surface area contributed by atoms with Crippen molar-refractivity contribution >= 4 is 17.2 Å². The van der Waals surface area contributed by atoms with Gasteiger partial charge < -0.3 is 20.2 Å². The number of hydrogen-bond donors (Lipinski definition) is 2. The highest BCUT2D eigenvalue weighted by atomic mass is 19.1. The monoisotopic (exact) mass is 597 g/mol. The third-order valence-corrected chi connectivity index (χ3v) is 8.33. The van der Waals surface area contributed by atoms with E-state index >= 15 is 4.39 Å². The molecule has 0 bridgehead atoms. The van der Waals surface area contributed by atoms with Crippen LogP contribution < -0.4 is 5.32 Å². The number of nitrogens with zero attached hydrogens (tertiary/aromatic N) is 8. The van der Waals surface area contributed by atoms with Gasteiger partial charge in [0, 0.05) is 50.5 Å². The van der Waals surface area contributed by atoms with E-state index in [4.69, 9.17) is 10.2 Å². The predicted octanol–water partition coefficient (Wildman–Crippen LogP) is 3.76. The third-order valence-electron chi connectivity index (χ3n) is 8.33. The lowest BCUT2D eigenvalue weighted by Gasteiger charge is -2.33. The smallest absolute Gasteiger partial charge is 0.236 e. The summed E-state index contributed by atoms with van der Waals surface area (Å²) >= 11 is 0. The number of amides is 1. The van der Waals surface area contributed by atoms with Gasteiger partial charge in [-0.3, -0.25) is 9.69 Å². The molecular formula is C32H36FN9O2. The van der Waals surface area contributed by atoms with Crippen LogP contribution in [0.25, 0.3) is 28.2 Å². The second-order valence-electron chi connectivity index (χ2n) is 11.6. The van der Waals surface area contributed by atoms with Crippen LogP contribution in [0.4, 0.5) is 10.2 Å². The lowest BCUT2D eigenvalue weighted by Crippen LogP contribution is -2.45. The lowest BCUT2D eigenvalue weighted by molar-refractivity contribution is -0.131. The summed E-state index contributed by atoms with van der Waals surface area (Å²) in [5.74, 6) is -0.538. The van der Waals surface area contributed by atoms with Gasteiger partial charge in [-0.25, -0.2) is 18.9 Å². The zero-order valence-corrected chi connectivity index (χ0v) is 24.8. The zero-order valence-electron chi connectivity index (χ0n) is 24.8. The van der Waals surface area contributed by atoms with Crippen LogP contribution in [-0.2, 0) is 11.3 Å². The number of halogens is 1. The number of hydrogen-bond acceptors (Lipinski definition) is 9. The lowest BCUT2D eigenvalue weighted by atomic mass is 10.0. The zero-order chi connectivity index (χ0) is 30.6. The number of rotatable bonds is 7. The van der Waals surface area contributed by atoms with Gasteiger partial charge in [0.05, 0.1) is 23.3 Å². The van der Waals surface area contributed by atoms with Gasteiger partial charge in [0.15, 0.2) is 17.5 Å². The molecule has 44 heavy (non-hydrogen) atoms. The van der Waals surface area contributed by atoms with Gasteiger partial charge in [-0.2, -0.15) is 10.4 Å². The molecule has 0 radical (unpaired) electrons. The molecule has 0 saturated carbocycles. The van der Waals surface area contributed by atoms with E-state index in [1.54, 1.807) is 21.7 Å². The summed E-state index contributed by atoms with van der Waals surface area (Å²) in [5, 5.41) is 27.4. The van der Waals surface area contributed by atoms with Crippen molar-refractivity contribution in [3.63, 3.8) is 0 Å². The summed E-state index contributed by atoms with van der Waals surface area (Å²) in [5.41, 5.74) is 2.78. The van der Waals surface area contributed by atoms with Crippen LogP contribution in [0, 0.1) is 17.1 Å². The van der Waals surface area contributed by atoms with Gasteiger partial charge >= 0.3 is 0 Å². The van der Waals surface area contributed by atoms with E-state index in [9.17, 15) is 9.90 Å². The van der Waals surface area contributed by atoms with Crippen LogP contribution in [0.15, 0.2) is 48.8 Å². The molecule has 3 aromatic heterocycles. The number of phenolic OH excluding ortho intramolecular Hbond substituents is 1. The molecule has 228 valence electrons. The molecule has 6 rings (SSSR count). The topological polar surface area (TPSA) is 126 Å². The Kier molecular flexibility index (Phi) is 8.67.